The summed E-state index contributed by atoms with van der Waals surface area (Å²) in [4.78, 5) is 55.9. The monoisotopic (exact) mass is 1580 g/mol. The summed E-state index contributed by atoms with van der Waals surface area (Å²) in [5.74, 6) is -0.182. The summed E-state index contributed by atoms with van der Waals surface area (Å²) in [7, 11) is 0. The van der Waals surface area contributed by atoms with E-state index in [2.05, 4.69) is 86.1 Å². The van der Waals surface area contributed by atoms with E-state index in [4.69, 9.17) is 18.9 Å². The number of allylic oxidation sites excluding steroid dienone is 8. The molecule has 0 spiro atoms. The van der Waals surface area contributed by atoms with E-state index in [0.717, 1.165) is 206 Å². The number of piperazine rings is 1. The highest BCUT2D eigenvalue weighted by atomic mass is 16.5. The van der Waals surface area contributed by atoms with Gasteiger partial charge in [0, 0.05) is 65.0 Å². The Bertz CT molecular complexity index is 1980. The lowest BCUT2D eigenvalue weighted by Crippen LogP contribution is -2.50. The molecule has 1 aliphatic rings. The summed E-state index contributed by atoms with van der Waals surface area (Å²) in [5.41, 5.74) is 0. The molecular weight excluding hydrogens is 1390 g/mol. The lowest BCUT2D eigenvalue weighted by molar-refractivity contribution is -0.144. The molecule has 0 radical (unpaired) electrons. The van der Waals surface area contributed by atoms with Gasteiger partial charge >= 0.3 is 23.9 Å². The van der Waals surface area contributed by atoms with Gasteiger partial charge in [0.05, 0.1) is 38.6 Å². The molecule has 656 valence electrons. The zero-order valence-corrected chi connectivity index (χ0v) is 74.6. The summed E-state index contributed by atoms with van der Waals surface area (Å²) >= 11 is 0. The zero-order valence-electron chi connectivity index (χ0n) is 74.6. The molecule has 1 fully saturated rings. The molecule has 0 aromatic heterocycles. The van der Waals surface area contributed by atoms with E-state index in [1.54, 1.807) is 0 Å². The second-order valence-corrected chi connectivity index (χ2v) is 34.2. The van der Waals surface area contributed by atoms with Crippen molar-refractivity contribution < 1.29 is 48.3 Å². The average molecular weight is 1580 g/mol. The number of hydrogen-bond donors (Lipinski definition) is 2. The fourth-order valence-electron chi connectivity index (χ4n) is 15.8. The Balaban J connectivity index is 2.77. The van der Waals surface area contributed by atoms with Crippen molar-refractivity contribution in [3.05, 3.63) is 48.6 Å². The highest BCUT2D eigenvalue weighted by Gasteiger charge is 2.28. The van der Waals surface area contributed by atoms with Crippen LogP contribution in [-0.2, 0) is 38.1 Å². The summed E-state index contributed by atoms with van der Waals surface area (Å²) < 4.78 is 22.8. The molecule has 0 saturated carbocycles. The molecule has 2 N–H and O–H groups in total. The van der Waals surface area contributed by atoms with E-state index in [9.17, 15) is 29.4 Å². The Hall–Kier alpha value is -3.32. The topological polar surface area (TPSA) is 152 Å². The molecular formula is C100H186N2O10. The second kappa shape index (κ2) is 87.0. The van der Waals surface area contributed by atoms with Gasteiger partial charge in [-0.05, 0) is 217 Å². The van der Waals surface area contributed by atoms with E-state index in [0.29, 0.717) is 65.0 Å². The highest BCUT2D eigenvalue weighted by Crippen LogP contribution is 2.26. The molecule has 112 heavy (non-hydrogen) atoms. The van der Waals surface area contributed by atoms with Gasteiger partial charge in [-0.25, -0.2) is 0 Å². The van der Waals surface area contributed by atoms with Crippen LogP contribution < -0.4 is 0 Å². The Kier molecular flexibility index (Phi) is 82.9. The number of carbonyl (C=O) groups excluding carboxylic acids is 4. The summed E-state index contributed by atoms with van der Waals surface area (Å²) in [6.07, 6.45) is 95.6. The van der Waals surface area contributed by atoms with Gasteiger partial charge < -0.3 is 39.0 Å². The minimum atomic E-state index is -0.454. The van der Waals surface area contributed by atoms with Crippen molar-refractivity contribution in [3.63, 3.8) is 0 Å². The predicted octanol–water partition coefficient (Wildman–Crippen LogP) is 28.3. The first-order valence-electron chi connectivity index (χ1n) is 49.2. The average Bonchev–Trinajstić information content (AvgIpc) is 0.868. The van der Waals surface area contributed by atoms with E-state index in [1.165, 1.54) is 244 Å². The van der Waals surface area contributed by atoms with Gasteiger partial charge in [-0.3, -0.25) is 19.2 Å². The Labute approximate surface area is 693 Å². The SMILES string of the molecule is CCCCCCCC/C=C\CCCCCCCC(=O)OCCCCCC(O)C(CCCCOC(=O)CCCCCCC/C=C\CCCCCCCC)CN1CCN(CC(CCCCOC(=O)CCCCCCC/C=C\CCCCCCCC)C(O)CCCCCOC(=O)CCCCCCC/C=C\CCCCCCCC)CC1. The number of esters is 4. The van der Waals surface area contributed by atoms with E-state index in [1.807, 2.05) is 0 Å². The first-order chi connectivity index (χ1) is 55.1. The maximum absolute atomic E-state index is 12.8. The van der Waals surface area contributed by atoms with Crippen LogP contribution in [0.25, 0.3) is 0 Å². The predicted molar refractivity (Wildman–Crippen MR) is 478 cm³/mol. The second-order valence-electron chi connectivity index (χ2n) is 34.2. The third kappa shape index (κ3) is 76.6. The van der Waals surface area contributed by atoms with Crippen LogP contribution in [0.15, 0.2) is 48.6 Å². The highest BCUT2D eigenvalue weighted by molar-refractivity contribution is 5.70. The number of rotatable bonds is 88. The number of nitrogens with zero attached hydrogens (tertiary/aromatic N) is 2. The molecule has 4 unspecified atom stereocenters. The fraction of sp³-hybridized carbons (Fsp3) is 0.880. The van der Waals surface area contributed by atoms with Crippen LogP contribution in [0, 0.1) is 11.8 Å². The normalized spacial score (nSPS) is 14.2. The van der Waals surface area contributed by atoms with Gasteiger partial charge in [0.15, 0.2) is 0 Å². The molecule has 0 aromatic carbocycles. The van der Waals surface area contributed by atoms with Gasteiger partial charge in [-0.1, -0.05) is 295 Å². The lowest BCUT2D eigenvalue weighted by Gasteiger charge is -2.39. The fourth-order valence-corrected chi connectivity index (χ4v) is 15.8. The smallest absolute Gasteiger partial charge is 0.305 e. The standard InChI is InChI=1S/C100H186N2O10/c1-5-9-13-17-21-25-29-33-37-41-45-49-53-57-65-79-97(105)109-87-71-61-63-77-95(103)93(75-69-73-89-111-99(107)81-67-59-55-51-47-43-39-35-31-27-23-19-15-11-7-3)91-101-83-85-102(86-84-101)92-94(76-70-74-90-112-100(108)82-68-60-56-52-48-44-40-36-32-28-24-20-16-12-8-4)96(104)78-64-62-72-88-110-98(106)80-66-58-54-50-46-42-38-34-30-26-22-18-14-10-6-2/h33-40,93-96,103-104H,5-32,41-92H2,1-4H3/b37-33-,38-34-,39-35-,40-36-. The number of carbonyl (C=O) groups is 4. The van der Waals surface area contributed by atoms with Crippen molar-refractivity contribution in [2.45, 2.75) is 489 Å². The quantitative estimate of drug-likeness (QED) is 0.0258. The Morgan fingerprint density at radius 2 is 0.420 bits per heavy atom. The zero-order chi connectivity index (χ0) is 80.8. The molecule has 1 rings (SSSR count). The van der Waals surface area contributed by atoms with Crippen molar-refractivity contribution in [2.24, 2.45) is 11.8 Å². The van der Waals surface area contributed by atoms with Crippen LogP contribution in [0.3, 0.4) is 0 Å². The van der Waals surface area contributed by atoms with Crippen molar-refractivity contribution in [3.8, 4) is 0 Å². The number of aliphatic hydroxyl groups excluding tert-OH is 2. The van der Waals surface area contributed by atoms with Gasteiger partial charge in [0.25, 0.3) is 0 Å². The number of aliphatic hydroxyl groups is 2. The molecule has 1 aliphatic heterocycles. The van der Waals surface area contributed by atoms with Crippen molar-refractivity contribution in [1.82, 2.24) is 9.80 Å². The van der Waals surface area contributed by atoms with Crippen molar-refractivity contribution in [1.29, 1.82) is 0 Å². The molecule has 12 heteroatoms. The van der Waals surface area contributed by atoms with Gasteiger partial charge in [-0.15, -0.1) is 0 Å². The third-order valence-electron chi connectivity index (χ3n) is 23.4. The Morgan fingerprint density at radius 3 is 0.643 bits per heavy atom. The number of hydrogen-bond acceptors (Lipinski definition) is 12. The molecule has 0 aromatic rings. The van der Waals surface area contributed by atoms with Crippen molar-refractivity contribution >= 4 is 23.9 Å². The maximum atomic E-state index is 12.8. The lowest BCUT2D eigenvalue weighted by atomic mass is 9.90. The molecule has 12 nitrogen and oxygen atoms in total. The van der Waals surface area contributed by atoms with Crippen LogP contribution in [0.4, 0.5) is 0 Å². The van der Waals surface area contributed by atoms with E-state index >= 15 is 0 Å². The van der Waals surface area contributed by atoms with Gasteiger partial charge in [-0.2, -0.15) is 0 Å². The molecule has 1 saturated heterocycles. The minimum Gasteiger partial charge on any atom is -0.466 e. The first-order valence-corrected chi connectivity index (χ1v) is 49.2. The van der Waals surface area contributed by atoms with Crippen LogP contribution in [0.5, 0.6) is 0 Å². The van der Waals surface area contributed by atoms with Crippen LogP contribution >= 0.6 is 0 Å². The molecule has 0 amide bonds. The molecule has 4 atom stereocenters. The first kappa shape index (κ1) is 107. The van der Waals surface area contributed by atoms with E-state index in [-0.39, 0.29) is 35.7 Å². The molecule has 0 bridgehead atoms. The third-order valence-corrected chi connectivity index (χ3v) is 23.4. The minimum absolute atomic E-state index is 0.0890. The van der Waals surface area contributed by atoms with E-state index < -0.39 is 12.2 Å². The summed E-state index contributed by atoms with van der Waals surface area (Å²) in [6, 6.07) is 0. The number of ether oxygens (including phenoxy) is 4. The summed E-state index contributed by atoms with van der Waals surface area (Å²) in [6.45, 7) is 16.0. The molecule has 1 heterocycles. The van der Waals surface area contributed by atoms with Crippen LogP contribution in [0.2, 0.25) is 0 Å². The van der Waals surface area contributed by atoms with Crippen molar-refractivity contribution in [2.75, 3.05) is 65.7 Å². The molecule has 0 aliphatic carbocycles. The van der Waals surface area contributed by atoms with Gasteiger partial charge in [0.2, 0.25) is 0 Å². The largest absolute Gasteiger partial charge is 0.466 e. The Morgan fingerprint density at radius 1 is 0.241 bits per heavy atom. The summed E-state index contributed by atoms with van der Waals surface area (Å²) in [5, 5.41) is 23.8. The van der Waals surface area contributed by atoms with Crippen LogP contribution in [-0.4, -0.2) is 122 Å². The maximum Gasteiger partial charge on any atom is 0.305 e. The van der Waals surface area contributed by atoms with Crippen LogP contribution in [0.1, 0.15) is 477 Å². The van der Waals surface area contributed by atoms with Gasteiger partial charge in [0.1, 0.15) is 0 Å². The number of unbranched alkanes of at least 4 members (excludes halogenated alkanes) is 50.